The second kappa shape index (κ2) is 15.9. The number of hydrogen-bond donors (Lipinski definition) is 3. The molecule has 4 heterocycles. The van der Waals surface area contributed by atoms with Gasteiger partial charge in [0, 0.05) is 65.6 Å². The van der Waals surface area contributed by atoms with Crippen molar-refractivity contribution in [3.8, 4) is 22.3 Å². The van der Waals surface area contributed by atoms with Crippen LogP contribution in [0.15, 0.2) is 110 Å². The minimum absolute atomic E-state index is 0.0117. The third-order valence-electron chi connectivity index (χ3n) is 9.51. The molecule has 308 valence electrons. The van der Waals surface area contributed by atoms with Crippen LogP contribution in [0.3, 0.4) is 0 Å². The molecule has 0 saturated heterocycles. The number of aliphatic hydroxyl groups is 2. The number of fused-ring (bicyclic) bond motifs is 2. The molecule has 3 N–H and O–H groups in total. The van der Waals surface area contributed by atoms with Crippen molar-refractivity contribution in [2.45, 2.75) is 36.0 Å². The third kappa shape index (κ3) is 7.90. The summed E-state index contributed by atoms with van der Waals surface area (Å²) < 4.78 is 110. The summed E-state index contributed by atoms with van der Waals surface area (Å²) in [6, 6.07) is 19.5. The molecule has 2 aliphatic heterocycles. The number of amides is 2. The van der Waals surface area contributed by atoms with Gasteiger partial charge in [-0.25, -0.2) is 8.78 Å². The standard InChI is InChI=1S/C20H15F4N3O2.C11H10ClFN2.C9H6F3NO2/c1-26-10-14(9-25-26)12-6-7-13(16(21)8-12)11-27-17-5-3-2-4-15(17)19(29,18(27)28)20(22,23)24;1-15-7-10(6-14-15)8-2-3-9(5-12)11(13)4-8;10-9(11,12)8(15)5-3-1-2-4-6(5)13-7(8)14/h2-10,29H,11H2,1H3;2-4,6-7H,5H2,1H3;1-4,15H,(H,13,14). The fourth-order valence-corrected chi connectivity index (χ4v) is 6.61. The van der Waals surface area contributed by atoms with E-state index in [9.17, 15) is 54.9 Å². The van der Waals surface area contributed by atoms with E-state index >= 15 is 0 Å². The maximum Gasteiger partial charge on any atom is 0.430 e. The molecular formula is C40H31ClF8N6O4. The highest BCUT2D eigenvalue weighted by Crippen LogP contribution is 2.50. The largest absolute Gasteiger partial charge is 0.430 e. The highest BCUT2D eigenvalue weighted by molar-refractivity contribution is 6.17. The van der Waals surface area contributed by atoms with E-state index in [1.165, 1.54) is 54.6 Å². The summed E-state index contributed by atoms with van der Waals surface area (Å²) in [5.41, 5.74) is -4.75. The molecule has 2 atom stereocenters. The van der Waals surface area contributed by atoms with Crippen molar-refractivity contribution in [1.29, 1.82) is 0 Å². The van der Waals surface area contributed by atoms with Crippen molar-refractivity contribution in [2.24, 2.45) is 14.1 Å². The third-order valence-corrected chi connectivity index (χ3v) is 9.80. The Morgan fingerprint density at radius 2 is 1.17 bits per heavy atom. The van der Waals surface area contributed by atoms with E-state index in [-0.39, 0.29) is 28.6 Å². The van der Waals surface area contributed by atoms with Crippen LogP contribution >= 0.6 is 11.6 Å². The van der Waals surface area contributed by atoms with E-state index in [1.54, 1.807) is 47.1 Å². The number of aromatic nitrogens is 4. The Bertz CT molecular complexity index is 2540. The van der Waals surface area contributed by atoms with E-state index in [0.717, 1.165) is 28.2 Å². The molecule has 0 aliphatic carbocycles. The number of nitrogens with zero attached hydrogens (tertiary/aromatic N) is 5. The topological polar surface area (TPSA) is 126 Å². The predicted molar refractivity (Wildman–Crippen MR) is 199 cm³/mol. The molecule has 0 saturated carbocycles. The molecule has 0 radical (unpaired) electrons. The molecule has 4 aromatic carbocycles. The van der Waals surface area contributed by atoms with Gasteiger partial charge in [-0.3, -0.25) is 19.0 Å². The van der Waals surface area contributed by atoms with Gasteiger partial charge in [0.25, 0.3) is 23.0 Å². The zero-order valence-electron chi connectivity index (χ0n) is 30.7. The zero-order chi connectivity index (χ0) is 43.1. The number of carbonyl (C=O) groups excluding carboxylic acids is 2. The smallest absolute Gasteiger partial charge is 0.368 e. The molecule has 2 aliphatic rings. The van der Waals surface area contributed by atoms with E-state index < -0.39 is 58.9 Å². The maximum atomic E-state index is 14.7. The van der Waals surface area contributed by atoms with Gasteiger partial charge in [0.1, 0.15) is 11.6 Å². The maximum absolute atomic E-state index is 14.7. The van der Waals surface area contributed by atoms with Gasteiger partial charge in [-0.05, 0) is 35.4 Å². The number of alkyl halides is 7. The van der Waals surface area contributed by atoms with Crippen LogP contribution in [0, 0.1) is 11.6 Å². The normalized spacial score (nSPS) is 18.4. The van der Waals surface area contributed by atoms with Crippen LogP contribution in [0.2, 0.25) is 0 Å². The number of nitrogens with one attached hydrogen (secondary N) is 1. The lowest BCUT2D eigenvalue weighted by Gasteiger charge is -2.25. The molecule has 0 bridgehead atoms. The number of halogens is 9. The van der Waals surface area contributed by atoms with Gasteiger partial charge < -0.3 is 20.4 Å². The highest BCUT2D eigenvalue weighted by atomic mass is 35.5. The Morgan fingerprint density at radius 1 is 0.678 bits per heavy atom. The predicted octanol–water partition coefficient (Wildman–Crippen LogP) is 7.88. The van der Waals surface area contributed by atoms with Gasteiger partial charge in [-0.1, -0.05) is 60.7 Å². The monoisotopic (exact) mass is 846 g/mol. The van der Waals surface area contributed by atoms with Crippen LogP contribution in [-0.4, -0.2) is 53.9 Å². The minimum Gasteiger partial charge on any atom is -0.368 e. The lowest BCUT2D eigenvalue weighted by molar-refractivity contribution is -0.253. The quantitative estimate of drug-likeness (QED) is 0.120. The van der Waals surface area contributed by atoms with Gasteiger partial charge in [0.15, 0.2) is 0 Å². The van der Waals surface area contributed by atoms with E-state index in [4.69, 9.17) is 11.6 Å². The van der Waals surface area contributed by atoms with Gasteiger partial charge in [0.2, 0.25) is 0 Å². The molecule has 19 heteroatoms. The zero-order valence-corrected chi connectivity index (χ0v) is 31.4. The van der Waals surface area contributed by atoms with E-state index in [2.05, 4.69) is 10.2 Å². The first-order valence-electron chi connectivity index (χ1n) is 17.2. The summed E-state index contributed by atoms with van der Waals surface area (Å²) in [6.07, 6.45) is -3.44. The molecule has 0 spiro atoms. The van der Waals surface area contributed by atoms with Crippen molar-refractivity contribution in [1.82, 2.24) is 19.6 Å². The number of aryl methyl sites for hydroxylation is 2. The summed E-state index contributed by atoms with van der Waals surface area (Å²) in [5.74, 6) is -3.78. The van der Waals surface area contributed by atoms with Crippen LogP contribution in [0.5, 0.6) is 0 Å². The lowest BCUT2D eigenvalue weighted by Crippen LogP contribution is -2.50. The van der Waals surface area contributed by atoms with E-state index in [0.29, 0.717) is 16.7 Å². The van der Waals surface area contributed by atoms with Gasteiger partial charge >= 0.3 is 12.4 Å². The molecule has 6 aromatic rings. The van der Waals surface area contributed by atoms with E-state index in [1.807, 2.05) is 24.6 Å². The summed E-state index contributed by atoms with van der Waals surface area (Å²) in [7, 11) is 3.54. The Labute approximate surface area is 334 Å². The first-order valence-corrected chi connectivity index (χ1v) is 17.8. The van der Waals surface area contributed by atoms with Gasteiger partial charge in [0.05, 0.1) is 30.5 Å². The molecule has 0 fully saturated rings. The van der Waals surface area contributed by atoms with Gasteiger partial charge in [-0.15, -0.1) is 11.6 Å². The first kappa shape index (κ1) is 42.5. The summed E-state index contributed by atoms with van der Waals surface area (Å²) >= 11 is 5.58. The second-order valence-electron chi connectivity index (χ2n) is 13.4. The lowest BCUT2D eigenvalue weighted by atomic mass is 9.95. The number of benzene rings is 4. The van der Waals surface area contributed by atoms with Crippen molar-refractivity contribution in [3.63, 3.8) is 0 Å². The number of rotatable bonds is 5. The fourth-order valence-electron chi connectivity index (χ4n) is 6.39. The molecule has 10 nitrogen and oxygen atoms in total. The molecule has 2 aromatic heterocycles. The molecular weight excluding hydrogens is 816 g/mol. The average molecular weight is 847 g/mol. The van der Waals surface area contributed by atoms with Gasteiger partial charge in [-0.2, -0.15) is 36.5 Å². The van der Waals surface area contributed by atoms with Crippen LogP contribution in [0.25, 0.3) is 22.3 Å². The van der Waals surface area contributed by atoms with Crippen molar-refractivity contribution in [3.05, 3.63) is 144 Å². The highest BCUT2D eigenvalue weighted by Gasteiger charge is 2.67. The molecule has 8 rings (SSSR count). The summed E-state index contributed by atoms with van der Waals surface area (Å²) in [5, 5.41) is 29.7. The number of anilines is 2. The molecule has 2 amide bonds. The van der Waals surface area contributed by atoms with Crippen LogP contribution < -0.4 is 10.2 Å². The molecule has 2 unspecified atom stereocenters. The van der Waals surface area contributed by atoms with Crippen molar-refractivity contribution < 1.29 is 54.9 Å². The number of hydrogen-bond acceptors (Lipinski definition) is 6. The first-order chi connectivity index (χ1) is 27.7. The van der Waals surface area contributed by atoms with Crippen LogP contribution in [-0.2, 0) is 47.3 Å². The number of para-hydroxylation sites is 2. The Balaban J connectivity index is 0.000000164. The van der Waals surface area contributed by atoms with Crippen LogP contribution in [0.4, 0.5) is 46.5 Å². The van der Waals surface area contributed by atoms with Crippen molar-refractivity contribution in [2.75, 3.05) is 10.2 Å². The summed E-state index contributed by atoms with van der Waals surface area (Å²) in [6.45, 7) is -0.451. The van der Waals surface area contributed by atoms with Crippen molar-refractivity contribution >= 4 is 34.8 Å². The number of carbonyl (C=O) groups is 2. The second-order valence-corrected chi connectivity index (χ2v) is 13.6. The minimum atomic E-state index is -5.21. The van der Waals surface area contributed by atoms with Crippen LogP contribution in [0.1, 0.15) is 22.3 Å². The summed E-state index contributed by atoms with van der Waals surface area (Å²) in [4.78, 5) is 24.4. The fraction of sp³-hybridized carbons (Fsp3) is 0.200. The SMILES string of the molecule is Cn1cc(-c2ccc(CCl)c(F)c2)cn1.Cn1cc(-c2ccc(CN3C(=O)C(O)(C(F)(F)F)c4ccccc43)c(F)c2)cn1.O=C1Nc2ccccc2C1(O)C(F)(F)F. The Hall–Kier alpha value is -6.11. The molecule has 59 heavy (non-hydrogen) atoms. The average Bonchev–Trinajstić information content (AvgIpc) is 3.94. The Kier molecular flexibility index (Phi) is 11.5. The Morgan fingerprint density at radius 3 is 1.64 bits per heavy atom.